The normalized spacial score (nSPS) is 17.6. The van der Waals surface area contributed by atoms with E-state index >= 15 is 0 Å². The van der Waals surface area contributed by atoms with Gasteiger partial charge in [-0.15, -0.1) is 0 Å². The maximum atomic E-state index is 13.2. The quantitative estimate of drug-likeness (QED) is 0.241. The summed E-state index contributed by atoms with van der Waals surface area (Å²) in [6.07, 6.45) is 2.54. The average Bonchev–Trinajstić information content (AvgIpc) is 3.37. The van der Waals surface area contributed by atoms with Crippen LogP contribution in [0.4, 0.5) is 0 Å². The van der Waals surface area contributed by atoms with Crippen molar-refractivity contribution in [2.24, 2.45) is 0 Å². The second-order valence-corrected chi connectivity index (χ2v) is 8.88. The number of nitrogens with one attached hydrogen (secondary N) is 1. The number of hydrogen-bond acceptors (Lipinski definition) is 3. The summed E-state index contributed by atoms with van der Waals surface area (Å²) in [5.41, 5.74) is 5.71. The molecule has 1 aliphatic rings. The lowest BCUT2D eigenvalue weighted by Gasteiger charge is -2.25. The van der Waals surface area contributed by atoms with Crippen molar-refractivity contribution in [2.75, 3.05) is 6.54 Å². The van der Waals surface area contributed by atoms with Gasteiger partial charge in [0, 0.05) is 29.2 Å². The molecule has 0 spiro atoms. The maximum absolute atomic E-state index is 13.2. The standard InChI is InChI=1S/C29H26N2O3/c1-18-7-11-20(12-8-18)26-25(27(32)21-13-9-19(2)10-14-21)28(33)29(34)31(26)16-15-22-17-30-24-6-4-3-5-23(22)24/h3-14,17,26,30,32H,15-16H2,1-2H3/b27-25+. The fourth-order valence-electron chi connectivity index (χ4n) is 4.65. The van der Waals surface area contributed by atoms with Crippen LogP contribution in [-0.2, 0) is 16.0 Å². The van der Waals surface area contributed by atoms with Crippen molar-refractivity contribution in [3.63, 3.8) is 0 Å². The second-order valence-electron chi connectivity index (χ2n) is 8.88. The van der Waals surface area contributed by atoms with Crippen molar-refractivity contribution >= 4 is 28.4 Å². The Morgan fingerprint density at radius 3 is 2.26 bits per heavy atom. The molecule has 5 rings (SSSR count). The van der Waals surface area contributed by atoms with E-state index in [9.17, 15) is 14.7 Å². The van der Waals surface area contributed by atoms with Gasteiger partial charge in [0.05, 0.1) is 11.6 Å². The molecule has 5 nitrogen and oxygen atoms in total. The van der Waals surface area contributed by atoms with Crippen LogP contribution in [0.2, 0.25) is 0 Å². The summed E-state index contributed by atoms with van der Waals surface area (Å²) in [6.45, 7) is 4.31. The molecule has 0 radical (unpaired) electrons. The zero-order chi connectivity index (χ0) is 23.8. The Morgan fingerprint density at radius 2 is 1.56 bits per heavy atom. The van der Waals surface area contributed by atoms with Crippen molar-refractivity contribution in [2.45, 2.75) is 26.3 Å². The predicted octanol–water partition coefficient (Wildman–Crippen LogP) is 5.45. The minimum absolute atomic E-state index is 0.136. The number of Topliss-reactive ketones (excluding diaryl/α,β-unsaturated/α-hetero) is 1. The predicted molar refractivity (Wildman–Crippen MR) is 133 cm³/mol. The number of fused-ring (bicyclic) bond motifs is 1. The van der Waals surface area contributed by atoms with Gasteiger partial charge in [-0.25, -0.2) is 0 Å². The lowest BCUT2D eigenvalue weighted by atomic mass is 9.94. The number of aliphatic hydroxyl groups excluding tert-OH is 1. The number of likely N-dealkylation sites (tertiary alicyclic amines) is 1. The zero-order valence-corrected chi connectivity index (χ0v) is 19.2. The molecule has 1 unspecified atom stereocenters. The number of aryl methyl sites for hydroxylation is 2. The average molecular weight is 451 g/mol. The summed E-state index contributed by atoms with van der Waals surface area (Å²) in [5.74, 6) is -1.37. The number of aliphatic hydroxyl groups is 1. The number of carbonyl (C=O) groups excluding carboxylic acids is 2. The van der Waals surface area contributed by atoms with Gasteiger partial charge in [0.1, 0.15) is 5.76 Å². The van der Waals surface area contributed by atoms with E-state index in [4.69, 9.17) is 0 Å². The van der Waals surface area contributed by atoms with Crippen molar-refractivity contribution in [1.82, 2.24) is 9.88 Å². The zero-order valence-electron chi connectivity index (χ0n) is 19.2. The lowest BCUT2D eigenvalue weighted by molar-refractivity contribution is -0.139. The highest BCUT2D eigenvalue weighted by Gasteiger charge is 2.45. The topological polar surface area (TPSA) is 73.4 Å². The van der Waals surface area contributed by atoms with Gasteiger partial charge in [0.15, 0.2) is 0 Å². The van der Waals surface area contributed by atoms with Gasteiger partial charge in [-0.1, -0.05) is 77.9 Å². The Labute approximate surface area is 198 Å². The van der Waals surface area contributed by atoms with Crippen LogP contribution >= 0.6 is 0 Å². The number of para-hydroxylation sites is 1. The number of amides is 1. The number of rotatable bonds is 5. The fraction of sp³-hybridized carbons (Fsp3) is 0.172. The first kappa shape index (κ1) is 21.7. The Morgan fingerprint density at radius 1 is 0.912 bits per heavy atom. The molecule has 34 heavy (non-hydrogen) atoms. The SMILES string of the molecule is Cc1ccc(/C(O)=C2\C(=O)C(=O)N(CCc3c[nH]c4ccccc34)C2c2ccc(C)cc2)cc1. The van der Waals surface area contributed by atoms with Crippen molar-refractivity contribution in [1.29, 1.82) is 0 Å². The third-order valence-corrected chi connectivity index (χ3v) is 6.56. The van der Waals surface area contributed by atoms with E-state index in [0.717, 1.165) is 33.2 Å². The number of nitrogens with zero attached hydrogens (tertiary/aromatic N) is 1. The van der Waals surface area contributed by atoms with Crippen LogP contribution in [0.5, 0.6) is 0 Å². The Kier molecular flexibility index (Phi) is 5.54. The van der Waals surface area contributed by atoms with Crippen molar-refractivity contribution in [3.05, 3.63) is 112 Å². The van der Waals surface area contributed by atoms with E-state index in [2.05, 4.69) is 4.98 Å². The van der Waals surface area contributed by atoms with Gasteiger partial charge >= 0.3 is 0 Å². The molecule has 0 saturated carbocycles. The summed E-state index contributed by atoms with van der Waals surface area (Å²) < 4.78 is 0. The molecule has 3 aromatic carbocycles. The van der Waals surface area contributed by atoms with Gasteiger partial charge in [0.2, 0.25) is 0 Å². The minimum Gasteiger partial charge on any atom is -0.507 e. The molecule has 2 N–H and O–H groups in total. The van der Waals surface area contributed by atoms with E-state index in [1.54, 1.807) is 17.0 Å². The van der Waals surface area contributed by atoms with E-state index in [1.807, 2.05) is 80.7 Å². The molecule has 1 fully saturated rings. The van der Waals surface area contributed by atoms with E-state index in [-0.39, 0.29) is 11.3 Å². The second kappa shape index (κ2) is 8.67. The van der Waals surface area contributed by atoms with Gasteiger partial charge in [-0.2, -0.15) is 0 Å². The van der Waals surface area contributed by atoms with Gasteiger partial charge in [-0.3, -0.25) is 9.59 Å². The first-order valence-corrected chi connectivity index (χ1v) is 11.4. The summed E-state index contributed by atoms with van der Waals surface area (Å²) in [4.78, 5) is 31.3. The molecular formula is C29H26N2O3. The molecule has 0 aliphatic carbocycles. The molecule has 1 aromatic heterocycles. The Balaban J connectivity index is 1.56. The monoisotopic (exact) mass is 450 g/mol. The number of H-pyrrole nitrogens is 1. The first-order valence-electron chi connectivity index (χ1n) is 11.4. The van der Waals surface area contributed by atoms with Crippen LogP contribution in [0.15, 0.2) is 84.6 Å². The number of aromatic amines is 1. The van der Waals surface area contributed by atoms with Crippen LogP contribution in [0.25, 0.3) is 16.7 Å². The number of carbonyl (C=O) groups is 2. The fourth-order valence-corrected chi connectivity index (χ4v) is 4.65. The number of benzene rings is 3. The van der Waals surface area contributed by atoms with E-state index in [0.29, 0.717) is 18.5 Å². The highest BCUT2D eigenvalue weighted by molar-refractivity contribution is 6.46. The third kappa shape index (κ3) is 3.79. The summed E-state index contributed by atoms with van der Waals surface area (Å²) in [7, 11) is 0. The van der Waals surface area contributed by atoms with Crippen LogP contribution in [0.1, 0.15) is 33.9 Å². The summed E-state index contributed by atoms with van der Waals surface area (Å²) in [6, 6.07) is 22.4. The molecule has 4 aromatic rings. The largest absolute Gasteiger partial charge is 0.507 e. The molecule has 170 valence electrons. The van der Waals surface area contributed by atoms with Gasteiger partial charge < -0.3 is 15.0 Å². The van der Waals surface area contributed by atoms with Gasteiger partial charge in [0.25, 0.3) is 11.7 Å². The Hall–Kier alpha value is -4.12. The van der Waals surface area contributed by atoms with Gasteiger partial charge in [-0.05, 0) is 37.5 Å². The lowest BCUT2D eigenvalue weighted by Crippen LogP contribution is -2.31. The van der Waals surface area contributed by atoms with Crippen molar-refractivity contribution in [3.8, 4) is 0 Å². The number of aromatic nitrogens is 1. The third-order valence-electron chi connectivity index (χ3n) is 6.56. The number of hydrogen-bond donors (Lipinski definition) is 2. The summed E-state index contributed by atoms with van der Waals surface area (Å²) in [5, 5.41) is 12.3. The number of ketones is 1. The minimum atomic E-state index is -0.650. The van der Waals surface area contributed by atoms with Crippen molar-refractivity contribution < 1.29 is 14.7 Å². The molecule has 5 heteroatoms. The highest BCUT2D eigenvalue weighted by atomic mass is 16.3. The van der Waals surface area contributed by atoms with Crippen LogP contribution < -0.4 is 0 Å². The first-order chi connectivity index (χ1) is 16.4. The molecular weight excluding hydrogens is 424 g/mol. The molecule has 1 amide bonds. The molecule has 1 aliphatic heterocycles. The van der Waals surface area contributed by atoms with Crippen LogP contribution in [-0.4, -0.2) is 33.2 Å². The van der Waals surface area contributed by atoms with Crippen LogP contribution in [0, 0.1) is 13.8 Å². The molecule has 0 bridgehead atoms. The highest BCUT2D eigenvalue weighted by Crippen LogP contribution is 2.39. The molecule has 1 saturated heterocycles. The van der Waals surface area contributed by atoms with E-state index < -0.39 is 17.7 Å². The molecule has 2 heterocycles. The van der Waals surface area contributed by atoms with Crippen LogP contribution in [0.3, 0.4) is 0 Å². The maximum Gasteiger partial charge on any atom is 0.295 e. The smallest absolute Gasteiger partial charge is 0.295 e. The Bertz CT molecular complexity index is 1410. The van der Waals surface area contributed by atoms with E-state index in [1.165, 1.54) is 0 Å². The molecule has 1 atom stereocenters. The summed E-state index contributed by atoms with van der Waals surface area (Å²) >= 11 is 0.